The SMILES string of the molecule is C[C@H](NC(=O)/C(=C/c1ccc(Cl)cc1)NC(=O)c1ccco1)C(=O)O. The molecule has 1 aromatic heterocycles. The number of carbonyl (C=O) groups is 3. The van der Waals surface area contributed by atoms with Crippen LogP contribution in [0.3, 0.4) is 0 Å². The molecule has 2 rings (SSSR count). The van der Waals surface area contributed by atoms with Gasteiger partial charge in [-0.25, -0.2) is 0 Å². The molecule has 0 saturated carbocycles. The molecule has 3 N–H and O–H groups in total. The summed E-state index contributed by atoms with van der Waals surface area (Å²) >= 11 is 5.82. The summed E-state index contributed by atoms with van der Waals surface area (Å²) in [5.74, 6) is -2.56. The molecule has 0 fully saturated rings. The van der Waals surface area contributed by atoms with Gasteiger partial charge in [0.05, 0.1) is 6.26 Å². The Balaban J connectivity index is 2.26. The lowest BCUT2D eigenvalue weighted by atomic mass is 10.1. The zero-order valence-electron chi connectivity index (χ0n) is 13.2. The summed E-state index contributed by atoms with van der Waals surface area (Å²) in [7, 11) is 0. The van der Waals surface area contributed by atoms with Gasteiger partial charge in [-0.2, -0.15) is 0 Å². The summed E-state index contributed by atoms with van der Waals surface area (Å²) in [5, 5.41) is 14.1. The van der Waals surface area contributed by atoms with E-state index in [4.69, 9.17) is 21.1 Å². The normalized spacial score (nSPS) is 12.3. The standard InChI is InChI=1S/C17H15ClN2O5/c1-10(17(23)24)19-15(21)13(9-11-4-6-12(18)7-5-11)20-16(22)14-3-2-8-25-14/h2-10H,1H3,(H,19,21)(H,20,22)(H,23,24)/b13-9-/t10-/m0/s1. The monoisotopic (exact) mass is 362 g/mol. The number of carboxylic acid groups (broad SMARTS) is 1. The Bertz CT molecular complexity index is 797. The zero-order chi connectivity index (χ0) is 18.4. The molecule has 0 aliphatic heterocycles. The summed E-state index contributed by atoms with van der Waals surface area (Å²) < 4.78 is 4.98. The van der Waals surface area contributed by atoms with Crippen molar-refractivity contribution in [2.75, 3.05) is 0 Å². The lowest BCUT2D eigenvalue weighted by molar-refractivity contribution is -0.140. The fraction of sp³-hybridized carbons (Fsp3) is 0.118. The summed E-state index contributed by atoms with van der Waals surface area (Å²) in [4.78, 5) is 35.4. The van der Waals surface area contributed by atoms with Crippen molar-refractivity contribution >= 4 is 35.5 Å². The number of rotatable bonds is 6. The van der Waals surface area contributed by atoms with Gasteiger partial charge in [0.15, 0.2) is 5.76 Å². The third-order valence-electron chi connectivity index (χ3n) is 3.14. The maximum Gasteiger partial charge on any atom is 0.325 e. The van der Waals surface area contributed by atoms with Gasteiger partial charge in [-0.3, -0.25) is 14.4 Å². The zero-order valence-corrected chi connectivity index (χ0v) is 13.9. The summed E-state index contributed by atoms with van der Waals surface area (Å²) in [6, 6.07) is 8.39. The van der Waals surface area contributed by atoms with Gasteiger partial charge < -0.3 is 20.2 Å². The van der Waals surface area contributed by atoms with E-state index in [9.17, 15) is 14.4 Å². The number of hydrogen-bond acceptors (Lipinski definition) is 4. The van der Waals surface area contributed by atoms with Crippen LogP contribution >= 0.6 is 11.6 Å². The molecule has 25 heavy (non-hydrogen) atoms. The first kappa shape index (κ1) is 18.3. The highest BCUT2D eigenvalue weighted by atomic mass is 35.5. The molecule has 0 saturated heterocycles. The third-order valence-corrected chi connectivity index (χ3v) is 3.39. The van der Waals surface area contributed by atoms with Crippen LogP contribution in [0.5, 0.6) is 0 Å². The quantitative estimate of drug-likeness (QED) is 0.683. The van der Waals surface area contributed by atoms with Crippen LogP contribution < -0.4 is 10.6 Å². The van der Waals surface area contributed by atoms with E-state index in [-0.39, 0.29) is 11.5 Å². The number of carboxylic acids is 1. The van der Waals surface area contributed by atoms with Crippen molar-refractivity contribution in [2.24, 2.45) is 0 Å². The minimum absolute atomic E-state index is 0.0149. The average Bonchev–Trinajstić information content (AvgIpc) is 3.10. The Morgan fingerprint density at radius 2 is 1.88 bits per heavy atom. The predicted octanol–water partition coefficient (Wildman–Crippen LogP) is 2.29. The van der Waals surface area contributed by atoms with Crippen LogP contribution in [0.4, 0.5) is 0 Å². The number of hydrogen-bond donors (Lipinski definition) is 3. The molecule has 7 nitrogen and oxygen atoms in total. The lowest BCUT2D eigenvalue weighted by Crippen LogP contribution is -2.42. The maximum atomic E-state index is 12.3. The Labute approximate surface area is 148 Å². The number of halogens is 1. The highest BCUT2D eigenvalue weighted by Crippen LogP contribution is 2.12. The van der Waals surface area contributed by atoms with Crippen LogP contribution in [-0.4, -0.2) is 28.9 Å². The molecule has 0 unspecified atom stereocenters. The molecule has 0 spiro atoms. The van der Waals surface area contributed by atoms with Crippen molar-refractivity contribution in [3.05, 3.63) is 64.7 Å². The van der Waals surface area contributed by atoms with E-state index in [1.807, 2.05) is 0 Å². The van der Waals surface area contributed by atoms with Crippen LogP contribution in [0.15, 0.2) is 52.8 Å². The van der Waals surface area contributed by atoms with Gasteiger partial charge in [0.25, 0.3) is 11.8 Å². The van der Waals surface area contributed by atoms with Crippen molar-refractivity contribution in [1.82, 2.24) is 10.6 Å². The molecule has 1 heterocycles. The van der Waals surface area contributed by atoms with E-state index >= 15 is 0 Å². The van der Waals surface area contributed by atoms with Gasteiger partial charge in [0.1, 0.15) is 11.7 Å². The van der Waals surface area contributed by atoms with Gasteiger partial charge >= 0.3 is 5.97 Å². The molecule has 0 aliphatic rings. The molecule has 2 aromatic rings. The molecule has 1 atom stereocenters. The minimum Gasteiger partial charge on any atom is -0.480 e. The molecule has 1 aromatic carbocycles. The summed E-state index contributed by atoms with van der Waals surface area (Å²) in [6.45, 7) is 1.31. The number of aliphatic carboxylic acids is 1. The van der Waals surface area contributed by atoms with Crippen LogP contribution in [0.25, 0.3) is 6.08 Å². The Hall–Kier alpha value is -3.06. The van der Waals surface area contributed by atoms with Gasteiger partial charge in [-0.15, -0.1) is 0 Å². The Morgan fingerprint density at radius 1 is 1.20 bits per heavy atom. The van der Waals surface area contributed by atoms with Gasteiger partial charge in [-0.05, 0) is 42.8 Å². The highest BCUT2D eigenvalue weighted by Gasteiger charge is 2.20. The van der Waals surface area contributed by atoms with Gasteiger partial charge in [0.2, 0.25) is 0 Å². The number of furan rings is 1. The van der Waals surface area contributed by atoms with Crippen molar-refractivity contribution in [1.29, 1.82) is 0 Å². The average molecular weight is 363 g/mol. The highest BCUT2D eigenvalue weighted by molar-refractivity contribution is 6.30. The number of amides is 2. The fourth-order valence-electron chi connectivity index (χ4n) is 1.81. The van der Waals surface area contributed by atoms with Crippen LogP contribution in [0.1, 0.15) is 23.0 Å². The predicted molar refractivity (Wildman–Crippen MR) is 90.8 cm³/mol. The van der Waals surface area contributed by atoms with E-state index in [1.165, 1.54) is 31.4 Å². The second-order valence-corrected chi connectivity index (χ2v) is 5.51. The van der Waals surface area contributed by atoms with Crippen molar-refractivity contribution in [3.63, 3.8) is 0 Å². The van der Waals surface area contributed by atoms with E-state index in [0.717, 1.165) is 0 Å². The molecule has 0 bridgehead atoms. The van der Waals surface area contributed by atoms with E-state index in [0.29, 0.717) is 10.6 Å². The maximum absolute atomic E-state index is 12.3. The van der Waals surface area contributed by atoms with E-state index in [1.54, 1.807) is 24.3 Å². The molecule has 0 aliphatic carbocycles. The molecule has 8 heteroatoms. The summed E-state index contributed by atoms with van der Waals surface area (Å²) in [6.07, 6.45) is 2.73. The van der Waals surface area contributed by atoms with Crippen molar-refractivity contribution < 1.29 is 23.9 Å². The van der Waals surface area contributed by atoms with Crippen LogP contribution in [-0.2, 0) is 9.59 Å². The fourth-order valence-corrected chi connectivity index (χ4v) is 1.94. The third kappa shape index (κ3) is 5.22. The minimum atomic E-state index is -1.20. The van der Waals surface area contributed by atoms with Gasteiger partial charge in [-0.1, -0.05) is 23.7 Å². The van der Waals surface area contributed by atoms with Gasteiger partial charge in [0, 0.05) is 5.02 Å². The molecular weight excluding hydrogens is 348 g/mol. The van der Waals surface area contributed by atoms with Crippen LogP contribution in [0, 0.1) is 0 Å². The topological polar surface area (TPSA) is 109 Å². The molecule has 130 valence electrons. The Kier molecular flexibility index (Phi) is 5.97. The molecular formula is C17H15ClN2O5. The first-order valence-corrected chi connectivity index (χ1v) is 7.60. The molecule has 2 amide bonds. The first-order valence-electron chi connectivity index (χ1n) is 7.22. The first-order chi connectivity index (χ1) is 11.9. The second-order valence-electron chi connectivity index (χ2n) is 5.07. The second kappa shape index (κ2) is 8.16. The number of benzene rings is 1. The summed E-state index contributed by atoms with van der Waals surface area (Å²) in [5.41, 5.74) is 0.467. The van der Waals surface area contributed by atoms with E-state index < -0.39 is 23.8 Å². The lowest BCUT2D eigenvalue weighted by Gasteiger charge is -2.13. The number of nitrogens with one attached hydrogen (secondary N) is 2. The van der Waals surface area contributed by atoms with E-state index in [2.05, 4.69) is 10.6 Å². The molecule has 0 radical (unpaired) electrons. The van der Waals surface area contributed by atoms with Crippen LogP contribution in [0.2, 0.25) is 5.02 Å². The van der Waals surface area contributed by atoms with Crippen molar-refractivity contribution in [3.8, 4) is 0 Å². The largest absolute Gasteiger partial charge is 0.480 e. The number of carbonyl (C=O) groups excluding carboxylic acids is 2. The van der Waals surface area contributed by atoms with Crippen molar-refractivity contribution in [2.45, 2.75) is 13.0 Å². The smallest absolute Gasteiger partial charge is 0.325 e. The Morgan fingerprint density at radius 3 is 2.44 bits per heavy atom.